The van der Waals surface area contributed by atoms with Crippen LogP contribution in [0.5, 0.6) is 0 Å². The molecule has 0 unspecified atom stereocenters. The number of hydrogen-bond donors (Lipinski definition) is 2. The Morgan fingerprint density at radius 3 is 2.71 bits per heavy atom. The molecule has 0 aliphatic carbocycles. The fourth-order valence-corrected chi connectivity index (χ4v) is 2.15. The van der Waals surface area contributed by atoms with Crippen molar-refractivity contribution in [3.8, 4) is 11.1 Å². The molecule has 0 amide bonds. The minimum atomic E-state index is -0.412. The topological polar surface area (TPSA) is 107 Å². The average Bonchev–Trinajstić information content (AvgIpc) is 2.75. The standard InChI is InChI=1S/C14H18N4O3/c1-8(15)7-16-12-5-4-11(6-13(12)18(19)20)14-9(2)17-21-10(14)3/h4-6,8,16H,7,15H2,1-3H3/t8-/m0/s1. The molecule has 7 nitrogen and oxygen atoms in total. The second kappa shape index (κ2) is 5.92. The zero-order valence-electron chi connectivity index (χ0n) is 12.2. The van der Waals surface area contributed by atoms with Crippen molar-refractivity contribution >= 4 is 11.4 Å². The fraction of sp³-hybridized carbons (Fsp3) is 0.357. The van der Waals surface area contributed by atoms with E-state index < -0.39 is 4.92 Å². The quantitative estimate of drug-likeness (QED) is 0.647. The first-order valence-electron chi connectivity index (χ1n) is 6.61. The molecule has 3 N–H and O–H groups in total. The number of nitrogens with zero attached hydrogens (tertiary/aromatic N) is 2. The molecule has 0 bridgehead atoms. The Balaban J connectivity index is 2.43. The number of hydrogen-bond acceptors (Lipinski definition) is 6. The summed E-state index contributed by atoms with van der Waals surface area (Å²) in [5.41, 5.74) is 8.33. The first-order chi connectivity index (χ1) is 9.90. The number of aryl methyl sites for hydroxylation is 2. The summed E-state index contributed by atoms with van der Waals surface area (Å²) in [6.45, 7) is 5.88. The monoisotopic (exact) mass is 290 g/mol. The summed E-state index contributed by atoms with van der Waals surface area (Å²) >= 11 is 0. The van der Waals surface area contributed by atoms with Crippen molar-refractivity contribution in [1.29, 1.82) is 0 Å². The van der Waals surface area contributed by atoms with E-state index in [2.05, 4.69) is 10.5 Å². The number of rotatable bonds is 5. The maximum Gasteiger partial charge on any atom is 0.292 e. The molecule has 1 aromatic carbocycles. The maximum absolute atomic E-state index is 11.3. The first kappa shape index (κ1) is 15.0. The van der Waals surface area contributed by atoms with E-state index in [1.807, 2.05) is 13.0 Å². The van der Waals surface area contributed by atoms with Gasteiger partial charge < -0.3 is 15.6 Å². The second-order valence-corrected chi connectivity index (χ2v) is 5.05. The number of benzene rings is 1. The van der Waals surface area contributed by atoms with Crippen LogP contribution in [0, 0.1) is 24.0 Å². The predicted octanol–water partition coefficient (Wildman–Crippen LogP) is 2.63. The third-order valence-corrected chi connectivity index (χ3v) is 3.13. The normalized spacial score (nSPS) is 12.2. The molecule has 0 spiro atoms. The molecule has 1 atom stereocenters. The SMILES string of the molecule is Cc1noc(C)c1-c1ccc(NC[C@H](C)N)c([N+](=O)[O-])c1. The zero-order chi connectivity index (χ0) is 15.6. The zero-order valence-corrected chi connectivity index (χ0v) is 12.2. The van der Waals surface area contributed by atoms with Crippen LogP contribution in [-0.4, -0.2) is 22.7 Å². The van der Waals surface area contributed by atoms with Gasteiger partial charge in [-0.15, -0.1) is 0 Å². The second-order valence-electron chi connectivity index (χ2n) is 5.05. The minimum absolute atomic E-state index is 0.00755. The molecule has 0 radical (unpaired) electrons. The molecule has 0 saturated carbocycles. The number of nitrogens with one attached hydrogen (secondary N) is 1. The first-order valence-corrected chi connectivity index (χ1v) is 6.61. The van der Waals surface area contributed by atoms with Crippen molar-refractivity contribution in [2.75, 3.05) is 11.9 Å². The van der Waals surface area contributed by atoms with Crippen molar-refractivity contribution in [3.05, 3.63) is 39.8 Å². The number of nitro groups is 1. The van der Waals surface area contributed by atoms with E-state index in [-0.39, 0.29) is 11.7 Å². The van der Waals surface area contributed by atoms with Gasteiger partial charge in [-0.25, -0.2) is 0 Å². The lowest BCUT2D eigenvalue weighted by Crippen LogP contribution is -2.25. The molecule has 7 heteroatoms. The number of nitrogens with two attached hydrogens (primary N) is 1. The van der Waals surface area contributed by atoms with E-state index in [4.69, 9.17) is 10.3 Å². The van der Waals surface area contributed by atoms with Gasteiger partial charge in [0.05, 0.1) is 10.6 Å². The van der Waals surface area contributed by atoms with Crippen LogP contribution < -0.4 is 11.1 Å². The highest BCUT2D eigenvalue weighted by atomic mass is 16.6. The molecule has 0 aliphatic heterocycles. The van der Waals surface area contributed by atoms with Crippen LogP contribution in [0.4, 0.5) is 11.4 Å². The summed E-state index contributed by atoms with van der Waals surface area (Å²) < 4.78 is 5.11. The Kier molecular flexibility index (Phi) is 4.23. The summed E-state index contributed by atoms with van der Waals surface area (Å²) in [5.74, 6) is 0.637. The lowest BCUT2D eigenvalue weighted by molar-refractivity contribution is -0.383. The molecule has 0 fully saturated rings. The summed E-state index contributed by atoms with van der Waals surface area (Å²) in [5, 5.41) is 18.1. The molecule has 1 aromatic heterocycles. The van der Waals surface area contributed by atoms with E-state index in [1.54, 1.807) is 19.9 Å². The molecule has 21 heavy (non-hydrogen) atoms. The molecule has 112 valence electrons. The third kappa shape index (κ3) is 3.19. The Labute approximate surface area is 122 Å². The van der Waals surface area contributed by atoms with Crippen molar-refractivity contribution in [1.82, 2.24) is 5.16 Å². The molecule has 0 saturated heterocycles. The predicted molar refractivity (Wildman–Crippen MR) is 80.2 cm³/mol. The molecule has 1 heterocycles. The van der Waals surface area contributed by atoms with Gasteiger partial charge in [-0.3, -0.25) is 10.1 Å². The summed E-state index contributed by atoms with van der Waals surface area (Å²) in [7, 11) is 0. The van der Waals surface area contributed by atoms with Crippen molar-refractivity contribution in [3.63, 3.8) is 0 Å². The highest BCUT2D eigenvalue weighted by Crippen LogP contribution is 2.33. The Bertz CT molecular complexity index is 645. The number of anilines is 1. The van der Waals surface area contributed by atoms with E-state index in [9.17, 15) is 10.1 Å². The van der Waals surface area contributed by atoms with Crippen molar-refractivity contribution in [2.24, 2.45) is 5.73 Å². The van der Waals surface area contributed by atoms with Crippen LogP contribution >= 0.6 is 0 Å². The van der Waals surface area contributed by atoms with E-state index in [1.165, 1.54) is 6.07 Å². The van der Waals surface area contributed by atoms with Crippen LogP contribution in [-0.2, 0) is 0 Å². The highest BCUT2D eigenvalue weighted by Gasteiger charge is 2.19. The van der Waals surface area contributed by atoms with Gasteiger partial charge in [0.25, 0.3) is 5.69 Å². The number of aromatic nitrogens is 1. The Morgan fingerprint density at radius 2 is 2.19 bits per heavy atom. The maximum atomic E-state index is 11.3. The smallest absolute Gasteiger partial charge is 0.292 e. The molecular formula is C14H18N4O3. The summed E-state index contributed by atoms with van der Waals surface area (Å²) in [6.07, 6.45) is 0. The lowest BCUT2D eigenvalue weighted by Gasteiger charge is -2.10. The van der Waals surface area contributed by atoms with Crippen LogP contribution in [0.3, 0.4) is 0 Å². The van der Waals surface area contributed by atoms with Crippen LogP contribution in [0.2, 0.25) is 0 Å². The van der Waals surface area contributed by atoms with Gasteiger partial charge >= 0.3 is 0 Å². The molecule has 0 aliphatic rings. The van der Waals surface area contributed by atoms with Crippen LogP contribution in [0.25, 0.3) is 11.1 Å². The van der Waals surface area contributed by atoms with E-state index in [0.717, 1.165) is 5.56 Å². The lowest BCUT2D eigenvalue weighted by atomic mass is 10.0. The van der Waals surface area contributed by atoms with Gasteiger partial charge in [-0.05, 0) is 32.4 Å². The molecular weight excluding hydrogens is 272 g/mol. The van der Waals surface area contributed by atoms with Crippen LogP contribution in [0.15, 0.2) is 22.7 Å². The summed E-state index contributed by atoms with van der Waals surface area (Å²) in [4.78, 5) is 10.8. The van der Waals surface area contributed by atoms with Gasteiger partial charge in [-0.2, -0.15) is 0 Å². The van der Waals surface area contributed by atoms with Gasteiger partial charge in [-0.1, -0.05) is 11.2 Å². The van der Waals surface area contributed by atoms with Gasteiger partial charge in [0, 0.05) is 24.2 Å². The Morgan fingerprint density at radius 1 is 1.48 bits per heavy atom. The molecule has 2 aromatic rings. The average molecular weight is 290 g/mol. The van der Waals surface area contributed by atoms with Crippen molar-refractivity contribution in [2.45, 2.75) is 26.8 Å². The Hall–Kier alpha value is -2.41. The van der Waals surface area contributed by atoms with Crippen molar-refractivity contribution < 1.29 is 9.45 Å². The van der Waals surface area contributed by atoms with E-state index >= 15 is 0 Å². The van der Waals surface area contributed by atoms with Gasteiger partial charge in [0.2, 0.25) is 0 Å². The minimum Gasteiger partial charge on any atom is -0.378 e. The van der Waals surface area contributed by atoms with Gasteiger partial charge in [0.1, 0.15) is 11.4 Å². The third-order valence-electron chi connectivity index (χ3n) is 3.13. The van der Waals surface area contributed by atoms with Crippen LogP contribution in [0.1, 0.15) is 18.4 Å². The summed E-state index contributed by atoms with van der Waals surface area (Å²) in [6, 6.07) is 4.92. The largest absolute Gasteiger partial charge is 0.378 e. The van der Waals surface area contributed by atoms with Gasteiger partial charge in [0.15, 0.2) is 0 Å². The van der Waals surface area contributed by atoms with E-state index in [0.29, 0.717) is 29.2 Å². The highest BCUT2D eigenvalue weighted by molar-refractivity contribution is 5.75. The fourth-order valence-electron chi connectivity index (χ4n) is 2.15. The molecule has 2 rings (SSSR count). The number of nitro benzene ring substituents is 1.